The van der Waals surface area contributed by atoms with Crippen LogP contribution in [0.3, 0.4) is 0 Å². The summed E-state index contributed by atoms with van der Waals surface area (Å²) < 4.78 is 0. The van der Waals surface area contributed by atoms with Crippen molar-refractivity contribution >= 4 is 23.4 Å². The van der Waals surface area contributed by atoms with E-state index in [9.17, 15) is 14.4 Å². The van der Waals surface area contributed by atoms with Gasteiger partial charge in [-0.3, -0.25) is 19.3 Å². The van der Waals surface area contributed by atoms with Gasteiger partial charge in [0, 0.05) is 37.4 Å². The van der Waals surface area contributed by atoms with Gasteiger partial charge in [-0.2, -0.15) is 0 Å². The van der Waals surface area contributed by atoms with Gasteiger partial charge >= 0.3 is 0 Å². The Balaban J connectivity index is 1.36. The zero-order valence-electron chi connectivity index (χ0n) is 17.3. The molecular formula is C24H27N3O3. The van der Waals surface area contributed by atoms with Crippen molar-refractivity contribution in [2.45, 2.75) is 26.2 Å². The predicted octanol–water partition coefficient (Wildman–Crippen LogP) is 3.34. The maximum absolute atomic E-state index is 12.7. The fraction of sp³-hybridized carbons (Fsp3) is 0.375. The smallest absolute Gasteiger partial charge is 0.261 e. The van der Waals surface area contributed by atoms with Gasteiger partial charge in [0.2, 0.25) is 0 Å². The van der Waals surface area contributed by atoms with Gasteiger partial charge in [0.1, 0.15) is 0 Å². The summed E-state index contributed by atoms with van der Waals surface area (Å²) in [4.78, 5) is 41.3. The van der Waals surface area contributed by atoms with Gasteiger partial charge in [0.15, 0.2) is 0 Å². The SMILES string of the molecule is CCCCN1C(=O)c2ccc(C(=O)NCC3CCN(c4ccccc4)C3)cc2C1=O. The van der Waals surface area contributed by atoms with E-state index in [0.717, 1.165) is 32.4 Å². The lowest BCUT2D eigenvalue weighted by molar-refractivity contribution is 0.0652. The number of anilines is 1. The van der Waals surface area contributed by atoms with Crippen LogP contribution in [0.15, 0.2) is 48.5 Å². The predicted molar refractivity (Wildman–Crippen MR) is 116 cm³/mol. The molecule has 0 saturated carbocycles. The average Bonchev–Trinajstić information content (AvgIpc) is 3.35. The van der Waals surface area contributed by atoms with Crippen LogP contribution in [0, 0.1) is 5.92 Å². The first-order valence-corrected chi connectivity index (χ1v) is 10.7. The highest BCUT2D eigenvalue weighted by Crippen LogP contribution is 2.25. The topological polar surface area (TPSA) is 69.7 Å². The lowest BCUT2D eigenvalue weighted by Crippen LogP contribution is -2.31. The van der Waals surface area contributed by atoms with Crippen molar-refractivity contribution in [2.75, 3.05) is 31.1 Å². The van der Waals surface area contributed by atoms with E-state index in [-0.39, 0.29) is 17.7 Å². The molecule has 4 rings (SSSR count). The number of carbonyl (C=O) groups is 3. The second-order valence-electron chi connectivity index (χ2n) is 8.02. The number of fused-ring (bicyclic) bond motifs is 1. The Hall–Kier alpha value is -3.15. The van der Waals surface area contributed by atoms with Crippen molar-refractivity contribution in [2.24, 2.45) is 5.92 Å². The number of rotatable bonds is 7. The molecule has 6 heteroatoms. The second-order valence-corrected chi connectivity index (χ2v) is 8.02. The number of imide groups is 1. The van der Waals surface area contributed by atoms with E-state index in [2.05, 4.69) is 22.3 Å². The fourth-order valence-electron chi connectivity index (χ4n) is 4.16. The molecule has 2 heterocycles. The molecule has 0 radical (unpaired) electrons. The number of carbonyl (C=O) groups excluding carboxylic acids is 3. The minimum absolute atomic E-state index is 0.205. The van der Waals surface area contributed by atoms with Crippen LogP contribution in [0.2, 0.25) is 0 Å². The Kier molecular flexibility index (Phi) is 5.84. The van der Waals surface area contributed by atoms with Crippen LogP contribution in [0.25, 0.3) is 0 Å². The Morgan fingerprint density at radius 2 is 1.83 bits per heavy atom. The molecule has 0 aromatic heterocycles. The van der Waals surface area contributed by atoms with Gasteiger partial charge in [0.05, 0.1) is 11.1 Å². The van der Waals surface area contributed by atoms with E-state index in [1.165, 1.54) is 10.6 Å². The Labute approximate surface area is 176 Å². The molecule has 1 saturated heterocycles. The van der Waals surface area contributed by atoms with Gasteiger partial charge in [0.25, 0.3) is 17.7 Å². The first-order valence-electron chi connectivity index (χ1n) is 10.7. The number of benzene rings is 2. The summed E-state index contributed by atoms with van der Waals surface area (Å²) in [6.45, 7) is 4.92. The van der Waals surface area contributed by atoms with Crippen molar-refractivity contribution in [1.29, 1.82) is 0 Å². The highest BCUT2D eigenvalue weighted by atomic mass is 16.2. The first kappa shape index (κ1) is 20.1. The summed E-state index contributed by atoms with van der Waals surface area (Å²) in [7, 11) is 0. The summed E-state index contributed by atoms with van der Waals surface area (Å²) in [5.41, 5.74) is 2.35. The third-order valence-electron chi connectivity index (χ3n) is 5.93. The van der Waals surface area contributed by atoms with Crippen LogP contribution in [-0.2, 0) is 0 Å². The zero-order valence-corrected chi connectivity index (χ0v) is 17.3. The molecule has 2 aromatic carbocycles. The third kappa shape index (κ3) is 3.95. The number of hydrogen-bond donors (Lipinski definition) is 1. The van der Waals surface area contributed by atoms with Crippen molar-refractivity contribution in [1.82, 2.24) is 10.2 Å². The number of nitrogens with zero attached hydrogens (tertiary/aromatic N) is 2. The molecule has 30 heavy (non-hydrogen) atoms. The van der Waals surface area contributed by atoms with Crippen LogP contribution in [0.1, 0.15) is 57.3 Å². The van der Waals surface area contributed by atoms with Crippen molar-refractivity contribution in [3.8, 4) is 0 Å². The summed E-state index contributed by atoms with van der Waals surface area (Å²) in [6.07, 6.45) is 2.71. The molecule has 6 nitrogen and oxygen atoms in total. The van der Waals surface area contributed by atoms with E-state index < -0.39 is 0 Å². The van der Waals surface area contributed by atoms with Crippen LogP contribution in [0.5, 0.6) is 0 Å². The summed E-state index contributed by atoms with van der Waals surface area (Å²) in [6, 6.07) is 15.1. The number of hydrogen-bond acceptors (Lipinski definition) is 4. The quantitative estimate of drug-likeness (QED) is 0.718. The van der Waals surface area contributed by atoms with E-state index in [0.29, 0.717) is 35.7 Å². The molecule has 0 aliphatic carbocycles. The molecule has 0 bridgehead atoms. The van der Waals surface area contributed by atoms with Crippen molar-refractivity contribution in [3.63, 3.8) is 0 Å². The first-order chi connectivity index (χ1) is 14.6. The van der Waals surface area contributed by atoms with E-state index in [4.69, 9.17) is 0 Å². The molecule has 1 unspecified atom stereocenters. The van der Waals surface area contributed by atoms with Crippen LogP contribution >= 0.6 is 0 Å². The summed E-state index contributed by atoms with van der Waals surface area (Å²) >= 11 is 0. The van der Waals surface area contributed by atoms with Gasteiger partial charge in [-0.05, 0) is 49.1 Å². The maximum Gasteiger partial charge on any atom is 0.261 e. The van der Waals surface area contributed by atoms with E-state index in [1.807, 2.05) is 25.1 Å². The van der Waals surface area contributed by atoms with Gasteiger partial charge in [-0.25, -0.2) is 0 Å². The molecule has 2 aliphatic heterocycles. The van der Waals surface area contributed by atoms with Crippen LogP contribution < -0.4 is 10.2 Å². The number of nitrogens with one attached hydrogen (secondary N) is 1. The highest BCUT2D eigenvalue weighted by Gasteiger charge is 2.35. The maximum atomic E-state index is 12.7. The van der Waals surface area contributed by atoms with Crippen molar-refractivity contribution in [3.05, 3.63) is 65.2 Å². The molecule has 1 N–H and O–H groups in total. The van der Waals surface area contributed by atoms with E-state index in [1.54, 1.807) is 18.2 Å². The zero-order chi connectivity index (χ0) is 21.1. The molecule has 2 aromatic rings. The summed E-state index contributed by atoms with van der Waals surface area (Å²) in [5.74, 6) is -0.380. The van der Waals surface area contributed by atoms with E-state index >= 15 is 0 Å². The highest BCUT2D eigenvalue weighted by molar-refractivity contribution is 6.22. The molecule has 156 valence electrons. The van der Waals surface area contributed by atoms with Crippen molar-refractivity contribution < 1.29 is 14.4 Å². The number of para-hydroxylation sites is 1. The molecule has 1 fully saturated rings. The normalized spacial score (nSPS) is 18.1. The van der Waals surface area contributed by atoms with Crippen LogP contribution in [0.4, 0.5) is 5.69 Å². The van der Waals surface area contributed by atoms with Gasteiger partial charge in [-0.15, -0.1) is 0 Å². The lowest BCUT2D eigenvalue weighted by atomic mass is 10.0. The molecule has 1 atom stereocenters. The Morgan fingerprint density at radius 1 is 1.07 bits per heavy atom. The largest absolute Gasteiger partial charge is 0.371 e. The Morgan fingerprint density at radius 3 is 2.60 bits per heavy atom. The lowest BCUT2D eigenvalue weighted by Gasteiger charge is -2.18. The fourth-order valence-corrected chi connectivity index (χ4v) is 4.16. The second kappa shape index (κ2) is 8.69. The van der Waals surface area contributed by atoms with Gasteiger partial charge in [-0.1, -0.05) is 31.5 Å². The molecule has 3 amide bonds. The monoisotopic (exact) mass is 405 g/mol. The molecule has 2 aliphatic rings. The average molecular weight is 405 g/mol. The van der Waals surface area contributed by atoms with Crippen LogP contribution in [-0.4, -0.2) is 48.8 Å². The standard InChI is InChI=1S/C24H27N3O3/c1-2-3-12-27-23(29)20-10-9-18(14-21(20)24(27)30)22(28)25-15-17-11-13-26(16-17)19-7-5-4-6-8-19/h4-10,14,17H,2-3,11-13,15-16H2,1H3,(H,25,28). The minimum atomic E-state index is -0.299. The number of unbranched alkanes of at least 4 members (excludes halogenated alkanes) is 1. The summed E-state index contributed by atoms with van der Waals surface area (Å²) in [5, 5.41) is 3.00. The Bertz CT molecular complexity index is 957. The molecule has 0 spiro atoms. The minimum Gasteiger partial charge on any atom is -0.371 e. The third-order valence-corrected chi connectivity index (χ3v) is 5.93. The molecular weight excluding hydrogens is 378 g/mol. The van der Waals surface area contributed by atoms with Gasteiger partial charge < -0.3 is 10.2 Å². The number of amides is 3.